The summed E-state index contributed by atoms with van der Waals surface area (Å²) in [6, 6.07) is 0. The molecule has 1 aromatic rings. The Morgan fingerprint density at radius 1 is 1.47 bits per heavy atom. The molecule has 0 amide bonds. The minimum atomic E-state index is 0.580. The molecule has 0 bridgehead atoms. The molecule has 1 N–H and O–H groups in total. The molecular formula is C12H19N3O2. The van der Waals surface area contributed by atoms with Gasteiger partial charge >= 0.3 is 0 Å². The van der Waals surface area contributed by atoms with Gasteiger partial charge in [-0.3, -0.25) is 0 Å². The van der Waals surface area contributed by atoms with Crippen LogP contribution in [0, 0.1) is 12.8 Å². The first-order valence-corrected chi connectivity index (χ1v) is 6.01. The van der Waals surface area contributed by atoms with Gasteiger partial charge in [0.2, 0.25) is 11.8 Å². The van der Waals surface area contributed by atoms with Crippen LogP contribution in [-0.2, 0) is 4.74 Å². The largest absolute Gasteiger partial charge is 0.477 e. The molecule has 2 heterocycles. The standard InChI is InChI=1S/C12H19N3O2/c1-9-7-14-12(13-2)15-11(9)17-8-10-3-5-16-6-4-10/h7,10H,3-6,8H2,1-2H3,(H,13,14,15). The summed E-state index contributed by atoms with van der Waals surface area (Å²) in [4.78, 5) is 8.43. The maximum atomic E-state index is 5.77. The quantitative estimate of drug-likeness (QED) is 0.862. The molecule has 0 aromatic carbocycles. The van der Waals surface area contributed by atoms with Gasteiger partial charge in [0.05, 0.1) is 6.61 Å². The summed E-state index contributed by atoms with van der Waals surface area (Å²) in [6.45, 7) is 4.36. The molecule has 5 heteroatoms. The summed E-state index contributed by atoms with van der Waals surface area (Å²) < 4.78 is 11.1. The number of aromatic nitrogens is 2. The van der Waals surface area contributed by atoms with Crippen LogP contribution in [0.15, 0.2) is 6.20 Å². The number of hydrogen-bond donors (Lipinski definition) is 1. The number of nitrogens with zero attached hydrogens (tertiary/aromatic N) is 2. The van der Waals surface area contributed by atoms with Gasteiger partial charge in [0.1, 0.15) is 0 Å². The SMILES string of the molecule is CNc1ncc(C)c(OCC2CCOCC2)n1. The van der Waals surface area contributed by atoms with Crippen molar-refractivity contribution >= 4 is 5.95 Å². The van der Waals surface area contributed by atoms with Gasteiger partial charge in [0.25, 0.3) is 0 Å². The highest BCUT2D eigenvalue weighted by molar-refractivity contribution is 5.31. The lowest BCUT2D eigenvalue weighted by molar-refractivity contribution is 0.0489. The van der Waals surface area contributed by atoms with Gasteiger partial charge in [0, 0.05) is 32.0 Å². The fraction of sp³-hybridized carbons (Fsp3) is 0.667. The van der Waals surface area contributed by atoms with Crippen molar-refractivity contribution in [1.29, 1.82) is 0 Å². The van der Waals surface area contributed by atoms with E-state index >= 15 is 0 Å². The Morgan fingerprint density at radius 2 is 2.24 bits per heavy atom. The van der Waals surface area contributed by atoms with Crippen LogP contribution in [0.25, 0.3) is 0 Å². The van der Waals surface area contributed by atoms with Crippen molar-refractivity contribution in [3.05, 3.63) is 11.8 Å². The Kier molecular flexibility index (Phi) is 4.14. The van der Waals surface area contributed by atoms with Gasteiger partial charge in [-0.15, -0.1) is 0 Å². The van der Waals surface area contributed by atoms with Gasteiger partial charge in [0.15, 0.2) is 0 Å². The second-order valence-electron chi connectivity index (χ2n) is 4.30. The number of anilines is 1. The van der Waals surface area contributed by atoms with E-state index in [2.05, 4.69) is 15.3 Å². The Balaban J connectivity index is 1.92. The third kappa shape index (κ3) is 3.30. The first-order chi connectivity index (χ1) is 8.29. The number of hydrogen-bond acceptors (Lipinski definition) is 5. The molecule has 1 aromatic heterocycles. The number of aryl methyl sites for hydroxylation is 1. The molecule has 0 radical (unpaired) electrons. The van der Waals surface area contributed by atoms with Gasteiger partial charge in [-0.25, -0.2) is 4.98 Å². The summed E-state index contributed by atoms with van der Waals surface area (Å²) in [6.07, 6.45) is 3.92. The van der Waals surface area contributed by atoms with Gasteiger partial charge in [-0.05, 0) is 25.7 Å². The summed E-state index contributed by atoms with van der Waals surface area (Å²) in [5.41, 5.74) is 0.969. The first-order valence-electron chi connectivity index (χ1n) is 6.01. The zero-order chi connectivity index (χ0) is 12.1. The van der Waals surface area contributed by atoms with E-state index in [-0.39, 0.29) is 0 Å². The molecule has 17 heavy (non-hydrogen) atoms. The molecule has 1 fully saturated rings. The maximum Gasteiger partial charge on any atom is 0.225 e. The predicted molar refractivity (Wildman–Crippen MR) is 65.4 cm³/mol. The highest BCUT2D eigenvalue weighted by Gasteiger charge is 2.15. The smallest absolute Gasteiger partial charge is 0.225 e. The number of nitrogens with one attached hydrogen (secondary N) is 1. The zero-order valence-corrected chi connectivity index (χ0v) is 10.4. The van der Waals surface area contributed by atoms with Crippen molar-refractivity contribution in [2.75, 3.05) is 32.2 Å². The second-order valence-corrected chi connectivity index (χ2v) is 4.30. The Hall–Kier alpha value is -1.36. The van der Waals surface area contributed by atoms with E-state index in [9.17, 15) is 0 Å². The van der Waals surface area contributed by atoms with Crippen molar-refractivity contribution in [2.24, 2.45) is 5.92 Å². The molecule has 2 rings (SSSR count). The van der Waals surface area contributed by atoms with E-state index in [1.165, 1.54) is 0 Å². The predicted octanol–water partition coefficient (Wildman–Crippen LogP) is 1.63. The lowest BCUT2D eigenvalue weighted by Crippen LogP contribution is -2.22. The highest BCUT2D eigenvalue weighted by atomic mass is 16.5. The molecule has 0 atom stereocenters. The lowest BCUT2D eigenvalue weighted by Gasteiger charge is -2.22. The molecular weight excluding hydrogens is 218 g/mol. The molecule has 1 saturated heterocycles. The molecule has 1 aliphatic rings. The fourth-order valence-corrected chi connectivity index (χ4v) is 1.80. The van der Waals surface area contributed by atoms with Crippen LogP contribution >= 0.6 is 0 Å². The van der Waals surface area contributed by atoms with Crippen LogP contribution in [-0.4, -0.2) is 36.8 Å². The minimum Gasteiger partial charge on any atom is -0.477 e. The highest BCUT2D eigenvalue weighted by Crippen LogP contribution is 2.19. The molecule has 5 nitrogen and oxygen atoms in total. The Bertz CT molecular complexity index is 365. The van der Waals surface area contributed by atoms with Crippen LogP contribution in [0.4, 0.5) is 5.95 Å². The third-order valence-corrected chi connectivity index (χ3v) is 2.95. The van der Waals surface area contributed by atoms with Gasteiger partial charge in [-0.1, -0.05) is 0 Å². The van der Waals surface area contributed by atoms with E-state index < -0.39 is 0 Å². The minimum absolute atomic E-state index is 0.580. The van der Waals surface area contributed by atoms with Crippen molar-refractivity contribution in [2.45, 2.75) is 19.8 Å². The van der Waals surface area contributed by atoms with E-state index in [0.29, 0.717) is 24.4 Å². The van der Waals surface area contributed by atoms with Crippen LogP contribution in [0.3, 0.4) is 0 Å². The van der Waals surface area contributed by atoms with E-state index in [4.69, 9.17) is 9.47 Å². The maximum absolute atomic E-state index is 5.77. The summed E-state index contributed by atoms with van der Waals surface area (Å²) in [7, 11) is 1.80. The Labute approximate surface area is 102 Å². The third-order valence-electron chi connectivity index (χ3n) is 2.95. The molecule has 0 saturated carbocycles. The van der Waals surface area contributed by atoms with Crippen molar-refractivity contribution in [3.63, 3.8) is 0 Å². The molecule has 94 valence electrons. The topological polar surface area (TPSA) is 56.3 Å². The molecule has 1 aliphatic heterocycles. The number of rotatable bonds is 4. The number of ether oxygens (including phenoxy) is 2. The molecule has 0 unspecified atom stereocenters. The normalized spacial score (nSPS) is 16.8. The van der Waals surface area contributed by atoms with Crippen molar-refractivity contribution in [1.82, 2.24) is 9.97 Å². The van der Waals surface area contributed by atoms with Crippen LogP contribution in [0.2, 0.25) is 0 Å². The monoisotopic (exact) mass is 237 g/mol. The van der Waals surface area contributed by atoms with E-state index in [1.54, 1.807) is 13.2 Å². The summed E-state index contributed by atoms with van der Waals surface area (Å²) >= 11 is 0. The molecule has 0 aliphatic carbocycles. The summed E-state index contributed by atoms with van der Waals surface area (Å²) in [5.74, 6) is 1.85. The second kappa shape index (κ2) is 5.82. The fourth-order valence-electron chi connectivity index (χ4n) is 1.80. The lowest BCUT2D eigenvalue weighted by atomic mass is 10.0. The summed E-state index contributed by atoms with van der Waals surface area (Å²) in [5, 5.41) is 2.91. The van der Waals surface area contributed by atoms with Gasteiger partial charge < -0.3 is 14.8 Å². The Morgan fingerprint density at radius 3 is 2.94 bits per heavy atom. The zero-order valence-electron chi connectivity index (χ0n) is 10.4. The first kappa shape index (κ1) is 12.1. The van der Waals surface area contributed by atoms with E-state index in [0.717, 1.165) is 31.6 Å². The van der Waals surface area contributed by atoms with Gasteiger partial charge in [-0.2, -0.15) is 4.98 Å². The van der Waals surface area contributed by atoms with E-state index in [1.807, 2.05) is 6.92 Å². The van der Waals surface area contributed by atoms with Crippen LogP contribution in [0.5, 0.6) is 5.88 Å². The van der Waals surface area contributed by atoms with Crippen molar-refractivity contribution < 1.29 is 9.47 Å². The average molecular weight is 237 g/mol. The average Bonchev–Trinajstić information content (AvgIpc) is 2.39. The molecule has 0 spiro atoms. The van der Waals surface area contributed by atoms with Crippen molar-refractivity contribution in [3.8, 4) is 5.88 Å². The van der Waals surface area contributed by atoms with Crippen LogP contribution in [0.1, 0.15) is 18.4 Å². The van der Waals surface area contributed by atoms with Crippen LogP contribution < -0.4 is 10.1 Å².